The van der Waals surface area contributed by atoms with Crippen molar-refractivity contribution in [1.29, 1.82) is 0 Å². The summed E-state index contributed by atoms with van der Waals surface area (Å²) in [4.78, 5) is 14.0. The van der Waals surface area contributed by atoms with Crippen LogP contribution in [0, 0.1) is 77.2 Å². The van der Waals surface area contributed by atoms with E-state index in [0.717, 1.165) is 147 Å². The molecule has 399 valence electrons. The van der Waals surface area contributed by atoms with E-state index in [1.54, 1.807) is 18.2 Å². The molecule has 0 bridgehead atoms. The molecule has 0 saturated carbocycles. The monoisotopic (exact) mass is 1240 g/mol. The van der Waals surface area contributed by atoms with Gasteiger partial charge in [-0.3, -0.25) is 0 Å². The third-order valence-corrected chi connectivity index (χ3v) is 15.4. The number of fused-ring (bicyclic) bond motifs is 15. The summed E-state index contributed by atoms with van der Waals surface area (Å²) in [5, 5.41) is 19.5. The molecule has 0 amide bonds. The predicted molar refractivity (Wildman–Crippen MR) is 331 cm³/mol. The SMILES string of the molecule is Cc1[c-]c(-c2nccc3c2ccc2c4ccc(F)cc4ccc32)cc(C)c1.Cc1[c-]c(-c2nccc3c2ccc2c4ccc(F)cc4ccc32)cc(C)c1.Cc1[c-]c(-c2nccc3c2ccc2c4ccc(F)cc4ccc32)cc(C)c1.[Ir]. The van der Waals surface area contributed by atoms with Crippen molar-refractivity contribution in [1.82, 2.24) is 15.0 Å². The van der Waals surface area contributed by atoms with Crippen LogP contribution in [0.25, 0.3) is 131 Å². The van der Waals surface area contributed by atoms with Crippen LogP contribution in [0.5, 0.6) is 0 Å². The Bertz CT molecular complexity index is 4510. The van der Waals surface area contributed by atoms with Gasteiger partial charge in [-0.15, -0.1) is 105 Å². The zero-order valence-electron chi connectivity index (χ0n) is 45.9. The van der Waals surface area contributed by atoms with Crippen LogP contribution in [0.15, 0.2) is 201 Å². The van der Waals surface area contributed by atoms with Crippen LogP contribution in [-0.2, 0) is 20.1 Å². The Labute approximate surface area is 487 Å². The molecule has 82 heavy (non-hydrogen) atoms. The van der Waals surface area contributed by atoms with Crippen LogP contribution in [0.3, 0.4) is 0 Å². The molecule has 0 aliphatic carbocycles. The first-order chi connectivity index (χ1) is 39.3. The van der Waals surface area contributed by atoms with Crippen molar-refractivity contribution in [2.24, 2.45) is 0 Å². The molecule has 3 heterocycles. The van der Waals surface area contributed by atoms with Gasteiger partial charge in [0.2, 0.25) is 0 Å². The van der Waals surface area contributed by atoms with Gasteiger partial charge >= 0.3 is 0 Å². The van der Waals surface area contributed by atoms with E-state index in [4.69, 9.17) is 0 Å². The minimum Gasteiger partial charge on any atom is -0.304 e. The van der Waals surface area contributed by atoms with Gasteiger partial charge in [-0.05, 0) is 169 Å². The number of aromatic nitrogens is 3. The Morgan fingerprint density at radius 1 is 0.256 bits per heavy atom. The summed E-state index contributed by atoms with van der Waals surface area (Å²) in [5.74, 6) is -0.626. The standard InChI is InChI=1S/3C25H17FN.Ir/c3*1-15-11-16(2)13-18(12-15)25-24-8-7-21-20-6-4-19(26)14-17(20)3-5-22(21)23(24)9-10-27-25;/h3*3-12,14H,1-2H3;/q3*-1;. The maximum absolute atomic E-state index is 13.6. The van der Waals surface area contributed by atoms with Gasteiger partial charge in [-0.1, -0.05) is 133 Å². The summed E-state index contributed by atoms with van der Waals surface area (Å²) >= 11 is 0. The number of hydrogen-bond acceptors (Lipinski definition) is 3. The number of benzene rings is 12. The third-order valence-electron chi connectivity index (χ3n) is 15.4. The first kappa shape index (κ1) is 53.5. The summed E-state index contributed by atoms with van der Waals surface area (Å²) in [6.45, 7) is 12.5. The average molecular weight is 1240 g/mol. The van der Waals surface area contributed by atoms with Crippen molar-refractivity contribution in [3.05, 3.63) is 270 Å². The third kappa shape index (κ3) is 10.0. The van der Waals surface area contributed by atoms with E-state index in [9.17, 15) is 13.2 Å². The number of aryl methyl sites for hydroxylation is 6. The molecule has 3 nitrogen and oxygen atoms in total. The molecule has 0 spiro atoms. The fourth-order valence-electron chi connectivity index (χ4n) is 12.1. The molecule has 12 aromatic carbocycles. The van der Waals surface area contributed by atoms with Crippen LogP contribution < -0.4 is 0 Å². The van der Waals surface area contributed by atoms with E-state index in [-0.39, 0.29) is 37.6 Å². The topological polar surface area (TPSA) is 38.7 Å². The maximum atomic E-state index is 13.6. The zero-order valence-corrected chi connectivity index (χ0v) is 48.3. The van der Waals surface area contributed by atoms with Crippen LogP contribution in [-0.4, -0.2) is 15.0 Å². The number of rotatable bonds is 3. The van der Waals surface area contributed by atoms with E-state index in [2.05, 4.69) is 184 Å². The van der Waals surface area contributed by atoms with Gasteiger partial charge in [0.05, 0.1) is 0 Å². The Balaban J connectivity index is 0.000000121. The number of halogens is 3. The van der Waals surface area contributed by atoms with E-state index in [1.807, 2.05) is 55.0 Å². The Morgan fingerprint density at radius 2 is 0.488 bits per heavy atom. The van der Waals surface area contributed by atoms with Crippen molar-refractivity contribution >= 4 is 97.0 Å². The summed E-state index contributed by atoms with van der Waals surface area (Å²) in [6, 6.07) is 69.0. The molecule has 0 aliphatic heterocycles. The Kier molecular flexibility index (Phi) is 14.2. The van der Waals surface area contributed by atoms with Crippen molar-refractivity contribution in [3.8, 4) is 33.8 Å². The first-order valence-electron chi connectivity index (χ1n) is 27.0. The number of pyridine rings is 3. The van der Waals surface area contributed by atoms with Gasteiger partial charge in [0, 0.05) is 38.7 Å². The molecule has 15 rings (SSSR count). The minimum absolute atomic E-state index is 0. The first-order valence-corrected chi connectivity index (χ1v) is 27.0. The summed E-state index contributed by atoms with van der Waals surface area (Å²) in [6.07, 6.45) is 5.58. The van der Waals surface area contributed by atoms with Crippen LogP contribution in [0.4, 0.5) is 13.2 Å². The van der Waals surface area contributed by atoms with E-state index < -0.39 is 0 Å². The fraction of sp³-hybridized carbons (Fsp3) is 0.0800. The number of hydrogen-bond donors (Lipinski definition) is 0. The van der Waals surface area contributed by atoms with Crippen molar-refractivity contribution in [2.75, 3.05) is 0 Å². The van der Waals surface area contributed by atoms with Gasteiger partial charge in [-0.2, -0.15) is 0 Å². The summed E-state index contributed by atoms with van der Waals surface area (Å²) < 4.78 is 40.8. The quantitative estimate of drug-likeness (QED) is 0.131. The zero-order chi connectivity index (χ0) is 55.6. The molecular weight excluding hydrogens is 1190 g/mol. The van der Waals surface area contributed by atoms with E-state index in [1.165, 1.54) is 34.9 Å². The minimum atomic E-state index is -0.209. The maximum Gasteiger partial charge on any atom is 0.123 e. The van der Waals surface area contributed by atoms with Gasteiger partial charge < -0.3 is 15.0 Å². The molecule has 0 aliphatic rings. The molecule has 0 unspecified atom stereocenters. The van der Waals surface area contributed by atoms with Gasteiger partial charge in [-0.25, -0.2) is 13.2 Å². The molecule has 7 heteroatoms. The van der Waals surface area contributed by atoms with Crippen LogP contribution >= 0.6 is 0 Å². The van der Waals surface area contributed by atoms with E-state index in [0.29, 0.717) is 0 Å². The smallest absolute Gasteiger partial charge is 0.123 e. The molecule has 0 fully saturated rings. The largest absolute Gasteiger partial charge is 0.304 e. The van der Waals surface area contributed by atoms with Gasteiger partial charge in [0.25, 0.3) is 0 Å². The van der Waals surface area contributed by atoms with Crippen LogP contribution in [0.2, 0.25) is 0 Å². The molecule has 0 N–H and O–H groups in total. The second kappa shape index (κ2) is 21.7. The molecule has 1 radical (unpaired) electrons. The van der Waals surface area contributed by atoms with Crippen molar-refractivity contribution < 1.29 is 33.3 Å². The fourth-order valence-corrected chi connectivity index (χ4v) is 12.1. The van der Waals surface area contributed by atoms with Gasteiger partial charge in [0.1, 0.15) is 17.5 Å². The second-order valence-electron chi connectivity index (χ2n) is 21.3. The molecule has 3 aromatic heterocycles. The van der Waals surface area contributed by atoms with Gasteiger partial charge in [0.15, 0.2) is 0 Å². The molecule has 15 aromatic rings. The average Bonchev–Trinajstić information content (AvgIpc) is 3.60. The molecular formula is C75H51F3IrN3-3. The van der Waals surface area contributed by atoms with Crippen molar-refractivity contribution in [2.45, 2.75) is 41.5 Å². The van der Waals surface area contributed by atoms with Crippen LogP contribution in [0.1, 0.15) is 33.4 Å². The molecule has 0 atom stereocenters. The number of nitrogens with zero attached hydrogens (tertiary/aromatic N) is 3. The Hall–Kier alpha value is -9.13. The summed E-state index contributed by atoms with van der Waals surface area (Å²) in [7, 11) is 0. The predicted octanol–water partition coefficient (Wildman–Crippen LogP) is 20.3. The normalized spacial score (nSPS) is 11.4. The second-order valence-corrected chi connectivity index (χ2v) is 21.3. The van der Waals surface area contributed by atoms with E-state index >= 15 is 0 Å². The Morgan fingerprint density at radius 3 is 0.768 bits per heavy atom. The summed E-state index contributed by atoms with van der Waals surface area (Å²) in [5.41, 5.74) is 12.8. The molecule has 0 saturated heterocycles. The van der Waals surface area contributed by atoms with Crippen molar-refractivity contribution in [3.63, 3.8) is 0 Å².